The maximum Gasteiger partial charge on any atom is 0.253 e. The predicted molar refractivity (Wildman–Crippen MR) is 71.7 cm³/mol. The monoisotopic (exact) mass is 259 g/mol. The summed E-state index contributed by atoms with van der Waals surface area (Å²) in [6.07, 6.45) is 0.241. The molecule has 2 N–H and O–H groups in total. The molecular formula is C15H17NO3. The van der Waals surface area contributed by atoms with Crippen molar-refractivity contribution in [2.75, 3.05) is 19.7 Å². The Hall–Kier alpha value is -1.83. The highest BCUT2D eigenvalue weighted by Gasteiger charge is 2.25. The second kappa shape index (κ2) is 5.87. The van der Waals surface area contributed by atoms with Crippen molar-refractivity contribution in [2.24, 2.45) is 0 Å². The number of β-amino-alcohol motifs (C(OH)–C–C–N with tert-alkyl or cyclic N) is 1. The highest BCUT2D eigenvalue weighted by atomic mass is 16.3. The van der Waals surface area contributed by atoms with E-state index in [0.29, 0.717) is 25.1 Å². The van der Waals surface area contributed by atoms with Crippen molar-refractivity contribution >= 4 is 5.91 Å². The largest absolute Gasteiger partial charge is 0.391 e. The van der Waals surface area contributed by atoms with E-state index in [9.17, 15) is 9.90 Å². The van der Waals surface area contributed by atoms with Gasteiger partial charge in [0.1, 0.15) is 6.61 Å². The highest BCUT2D eigenvalue weighted by molar-refractivity contribution is 5.94. The van der Waals surface area contributed by atoms with E-state index in [1.807, 2.05) is 6.92 Å². The van der Waals surface area contributed by atoms with Gasteiger partial charge >= 0.3 is 0 Å². The topological polar surface area (TPSA) is 60.8 Å². The molecule has 100 valence electrons. The number of hydrogen-bond acceptors (Lipinski definition) is 3. The van der Waals surface area contributed by atoms with Crippen molar-refractivity contribution in [3.63, 3.8) is 0 Å². The van der Waals surface area contributed by atoms with Crippen molar-refractivity contribution in [2.45, 2.75) is 19.4 Å². The van der Waals surface area contributed by atoms with E-state index in [-0.39, 0.29) is 12.5 Å². The Bertz CT molecular complexity index is 542. The lowest BCUT2D eigenvalue weighted by Crippen LogP contribution is -2.29. The first-order valence-corrected chi connectivity index (χ1v) is 6.29. The van der Waals surface area contributed by atoms with E-state index in [1.165, 1.54) is 0 Å². The number of nitrogens with zero attached hydrogens (tertiary/aromatic N) is 1. The fourth-order valence-electron chi connectivity index (χ4n) is 2.18. The highest BCUT2D eigenvalue weighted by Crippen LogP contribution is 2.16. The van der Waals surface area contributed by atoms with Gasteiger partial charge in [0, 0.05) is 24.2 Å². The van der Waals surface area contributed by atoms with Gasteiger partial charge in [-0.15, -0.1) is 0 Å². The summed E-state index contributed by atoms with van der Waals surface area (Å²) in [4.78, 5) is 13.9. The summed E-state index contributed by atoms with van der Waals surface area (Å²) in [5.74, 6) is 5.38. The van der Waals surface area contributed by atoms with Crippen LogP contribution in [0.4, 0.5) is 0 Å². The number of carbonyl (C=O) groups excluding carboxylic acids is 1. The zero-order valence-electron chi connectivity index (χ0n) is 10.9. The molecule has 0 bridgehead atoms. The lowest BCUT2D eigenvalue weighted by molar-refractivity contribution is 0.0765. The summed E-state index contributed by atoms with van der Waals surface area (Å²) in [6, 6.07) is 5.33. The van der Waals surface area contributed by atoms with Crippen LogP contribution >= 0.6 is 0 Å². The minimum atomic E-state index is -0.403. The zero-order chi connectivity index (χ0) is 13.8. The molecule has 1 heterocycles. The first kappa shape index (κ1) is 13.6. The van der Waals surface area contributed by atoms with Crippen molar-refractivity contribution in [1.82, 2.24) is 4.90 Å². The van der Waals surface area contributed by atoms with E-state index in [0.717, 1.165) is 11.1 Å². The van der Waals surface area contributed by atoms with E-state index in [2.05, 4.69) is 11.8 Å². The molecule has 1 unspecified atom stereocenters. The maximum atomic E-state index is 12.2. The fourth-order valence-corrected chi connectivity index (χ4v) is 2.18. The molecule has 19 heavy (non-hydrogen) atoms. The number of hydrogen-bond donors (Lipinski definition) is 2. The quantitative estimate of drug-likeness (QED) is 0.724. The van der Waals surface area contributed by atoms with Gasteiger partial charge < -0.3 is 15.1 Å². The van der Waals surface area contributed by atoms with Crippen LogP contribution in [0.2, 0.25) is 0 Å². The van der Waals surface area contributed by atoms with Crippen LogP contribution in [0, 0.1) is 18.8 Å². The third-order valence-electron chi connectivity index (χ3n) is 3.23. The first-order chi connectivity index (χ1) is 9.11. The molecule has 4 heteroatoms. The lowest BCUT2D eigenvalue weighted by Gasteiger charge is -2.16. The molecule has 1 amide bonds. The number of benzene rings is 1. The Kier molecular flexibility index (Phi) is 4.20. The Morgan fingerprint density at radius 3 is 2.89 bits per heavy atom. The minimum absolute atomic E-state index is 0.0543. The Morgan fingerprint density at radius 1 is 1.53 bits per heavy atom. The van der Waals surface area contributed by atoms with Crippen LogP contribution in [0.5, 0.6) is 0 Å². The summed E-state index contributed by atoms with van der Waals surface area (Å²) < 4.78 is 0. The predicted octanol–water partition coefficient (Wildman–Crippen LogP) is 0.546. The van der Waals surface area contributed by atoms with Gasteiger partial charge in [0.15, 0.2) is 0 Å². The normalized spacial score (nSPS) is 18.1. The van der Waals surface area contributed by atoms with E-state index < -0.39 is 6.10 Å². The van der Waals surface area contributed by atoms with Crippen molar-refractivity contribution in [3.05, 3.63) is 34.9 Å². The zero-order valence-corrected chi connectivity index (χ0v) is 10.9. The maximum absolute atomic E-state index is 12.2. The van der Waals surface area contributed by atoms with Gasteiger partial charge in [-0.2, -0.15) is 0 Å². The molecular weight excluding hydrogens is 242 g/mol. The first-order valence-electron chi connectivity index (χ1n) is 6.29. The molecule has 4 nitrogen and oxygen atoms in total. The molecule has 1 aliphatic heterocycles. The van der Waals surface area contributed by atoms with Crippen LogP contribution < -0.4 is 0 Å². The van der Waals surface area contributed by atoms with E-state index in [4.69, 9.17) is 5.11 Å². The van der Waals surface area contributed by atoms with Crippen LogP contribution in [-0.2, 0) is 0 Å². The smallest absolute Gasteiger partial charge is 0.253 e. The Balaban J connectivity index is 2.17. The molecule has 0 aliphatic carbocycles. The summed E-state index contributed by atoms with van der Waals surface area (Å²) in [6.45, 7) is 2.72. The van der Waals surface area contributed by atoms with Gasteiger partial charge in [-0.3, -0.25) is 4.79 Å². The molecule has 1 aliphatic rings. The molecule has 1 aromatic carbocycles. The number of amides is 1. The number of aryl methyl sites for hydroxylation is 1. The second-order valence-electron chi connectivity index (χ2n) is 4.68. The van der Waals surface area contributed by atoms with Gasteiger partial charge in [-0.1, -0.05) is 11.8 Å². The van der Waals surface area contributed by atoms with Crippen LogP contribution in [-0.4, -0.2) is 46.8 Å². The summed E-state index contributed by atoms with van der Waals surface area (Å²) in [5.41, 5.74) is 2.33. The number of likely N-dealkylation sites (tertiary alicyclic amines) is 1. The standard InChI is InChI=1S/C15H17NO3/c1-11-9-13(5-4-12(11)3-2-8-17)15(19)16-7-6-14(18)10-16/h4-5,9,14,17-18H,6-8,10H2,1H3. The average molecular weight is 259 g/mol. The SMILES string of the molecule is Cc1cc(C(=O)N2CCC(O)C2)ccc1C#CCO. The molecule has 0 aromatic heterocycles. The van der Waals surface area contributed by atoms with Crippen LogP contribution in [0.15, 0.2) is 18.2 Å². The number of rotatable bonds is 1. The molecule has 1 aromatic rings. The molecule has 0 radical (unpaired) electrons. The van der Waals surface area contributed by atoms with Crippen LogP contribution in [0.1, 0.15) is 27.9 Å². The van der Waals surface area contributed by atoms with Crippen molar-refractivity contribution in [1.29, 1.82) is 0 Å². The minimum Gasteiger partial charge on any atom is -0.391 e. The summed E-state index contributed by atoms with van der Waals surface area (Å²) >= 11 is 0. The van der Waals surface area contributed by atoms with Crippen molar-refractivity contribution < 1.29 is 15.0 Å². The third kappa shape index (κ3) is 3.14. The van der Waals surface area contributed by atoms with Gasteiger partial charge in [-0.25, -0.2) is 0 Å². The van der Waals surface area contributed by atoms with Crippen LogP contribution in [0.25, 0.3) is 0 Å². The van der Waals surface area contributed by atoms with E-state index >= 15 is 0 Å². The molecule has 0 saturated carbocycles. The second-order valence-corrected chi connectivity index (χ2v) is 4.68. The third-order valence-corrected chi connectivity index (χ3v) is 3.23. The average Bonchev–Trinajstić information content (AvgIpc) is 2.83. The van der Waals surface area contributed by atoms with Gasteiger partial charge in [0.2, 0.25) is 0 Å². The summed E-state index contributed by atoms with van der Waals surface area (Å²) in [5, 5.41) is 18.1. The van der Waals surface area contributed by atoms with Crippen molar-refractivity contribution in [3.8, 4) is 11.8 Å². The number of aliphatic hydroxyl groups excluding tert-OH is 2. The fraction of sp³-hybridized carbons (Fsp3) is 0.400. The number of aliphatic hydroxyl groups is 2. The molecule has 2 rings (SSSR count). The number of carbonyl (C=O) groups is 1. The Morgan fingerprint density at radius 2 is 2.32 bits per heavy atom. The van der Waals surface area contributed by atoms with Gasteiger partial charge in [-0.05, 0) is 37.1 Å². The summed E-state index contributed by atoms with van der Waals surface area (Å²) in [7, 11) is 0. The van der Waals surface area contributed by atoms with Gasteiger partial charge in [0.25, 0.3) is 5.91 Å². The molecule has 1 fully saturated rings. The van der Waals surface area contributed by atoms with Gasteiger partial charge in [0.05, 0.1) is 6.10 Å². The molecule has 1 saturated heterocycles. The van der Waals surface area contributed by atoms with E-state index in [1.54, 1.807) is 23.1 Å². The molecule has 1 atom stereocenters. The lowest BCUT2D eigenvalue weighted by atomic mass is 10.0. The van der Waals surface area contributed by atoms with Crippen LogP contribution in [0.3, 0.4) is 0 Å². The Labute approximate surface area is 112 Å². The molecule has 0 spiro atoms.